The van der Waals surface area contributed by atoms with Gasteiger partial charge < -0.3 is 5.32 Å². The zero-order chi connectivity index (χ0) is 12.6. The van der Waals surface area contributed by atoms with E-state index in [4.69, 9.17) is 11.6 Å². The highest BCUT2D eigenvalue weighted by molar-refractivity contribution is 6.30. The molecule has 2 aromatic carbocycles. The molecule has 0 fully saturated rings. The summed E-state index contributed by atoms with van der Waals surface area (Å²) in [6.07, 6.45) is 1.06. The maximum absolute atomic E-state index is 6.16. The summed E-state index contributed by atoms with van der Waals surface area (Å²) in [6, 6.07) is 16.8. The first-order valence-electron chi connectivity index (χ1n) is 6.29. The van der Waals surface area contributed by atoms with E-state index in [1.165, 1.54) is 16.7 Å². The molecule has 19 heavy (non-hydrogen) atoms. The maximum Gasteiger partial charge on any atom is 0.0665 e. The Labute approximate surface area is 125 Å². The van der Waals surface area contributed by atoms with Gasteiger partial charge >= 0.3 is 0 Å². The Morgan fingerprint density at radius 1 is 1.11 bits per heavy atom. The summed E-state index contributed by atoms with van der Waals surface area (Å²) >= 11 is 6.16. The molecule has 0 aromatic heterocycles. The number of hydrogen-bond acceptors (Lipinski definition) is 1. The van der Waals surface area contributed by atoms with Crippen LogP contribution in [-0.4, -0.2) is 6.54 Å². The van der Waals surface area contributed by atoms with Gasteiger partial charge in [0.1, 0.15) is 0 Å². The second-order valence-corrected chi connectivity index (χ2v) is 5.41. The predicted octanol–water partition coefficient (Wildman–Crippen LogP) is 4.17. The molecule has 1 N–H and O–H groups in total. The summed E-state index contributed by atoms with van der Waals surface area (Å²) in [5.41, 5.74) is 3.84. The Kier molecular flexibility index (Phi) is 4.19. The number of nitrogens with one attached hydrogen (secondary N) is 1. The lowest BCUT2D eigenvalue weighted by atomic mass is 9.79. The van der Waals surface area contributed by atoms with E-state index >= 15 is 0 Å². The summed E-state index contributed by atoms with van der Waals surface area (Å²) in [6.45, 7) is 3.23. The van der Waals surface area contributed by atoms with E-state index < -0.39 is 0 Å². The van der Waals surface area contributed by atoms with Crippen molar-refractivity contribution in [1.29, 1.82) is 0 Å². The van der Waals surface area contributed by atoms with Gasteiger partial charge in [-0.1, -0.05) is 48.0 Å². The first kappa shape index (κ1) is 14.4. The first-order valence-corrected chi connectivity index (χ1v) is 6.67. The van der Waals surface area contributed by atoms with E-state index in [1.807, 2.05) is 6.07 Å². The van der Waals surface area contributed by atoms with Crippen LogP contribution in [-0.2, 0) is 12.0 Å². The molecule has 100 valence electrons. The molecule has 0 amide bonds. The molecule has 1 heterocycles. The molecule has 0 saturated carbocycles. The number of benzene rings is 2. The smallest absolute Gasteiger partial charge is 0.0665 e. The molecule has 0 spiro atoms. The van der Waals surface area contributed by atoms with Crippen LogP contribution >= 0.6 is 24.0 Å². The van der Waals surface area contributed by atoms with Crippen LogP contribution in [0.2, 0.25) is 5.02 Å². The van der Waals surface area contributed by atoms with Crippen LogP contribution in [0.5, 0.6) is 0 Å². The van der Waals surface area contributed by atoms with Gasteiger partial charge in [-0.15, -0.1) is 12.4 Å². The van der Waals surface area contributed by atoms with Crippen LogP contribution in [0.3, 0.4) is 0 Å². The first-order chi connectivity index (χ1) is 8.70. The SMILES string of the molecule is CC1(c2ccccc2)NCCc2ccc(Cl)cc21.Cl. The second kappa shape index (κ2) is 5.54. The van der Waals surface area contributed by atoms with Crippen LogP contribution in [0, 0.1) is 0 Å². The van der Waals surface area contributed by atoms with E-state index in [1.54, 1.807) is 0 Å². The fourth-order valence-electron chi connectivity index (χ4n) is 2.80. The van der Waals surface area contributed by atoms with E-state index in [0.29, 0.717) is 0 Å². The standard InChI is InChI=1S/C16H16ClN.ClH/c1-16(13-5-3-2-4-6-13)15-11-14(17)8-7-12(15)9-10-18-16;/h2-8,11,18H,9-10H2,1H3;1H. The minimum Gasteiger partial charge on any atom is -0.304 e. The van der Waals surface area contributed by atoms with Gasteiger partial charge in [-0.3, -0.25) is 0 Å². The summed E-state index contributed by atoms with van der Waals surface area (Å²) in [5.74, 6) is 0. The molecular formula is C16H17Cl2N. The third kappa shape index (κ3) is 2.51. The molecule has 0 radical (unpaired) electrons. The van der Waals surface area contributed by atoms with Crippen molar-refractivity contribution in [1.82, 2.24) is 5.32 Å². The van der Waals surface area contributed by atoms with E-state index in [-0.39, 0.29) is 17.9 Å². The summed E-state index contributed by atoms with van der Waals surface area (Å²) in [7, 11) is 0. The van der Waals surface area contributed by atoms with Crippen molar-refractivity contribution in [2.45, 2.75) is 18.9 Å². The minimum absolute atomic E-state index is 0. The Hall–Kier alpha value is -1.02. The normalized spacial score (nSPS) is 21.4. The van der Waals surface area contributed by atoms with Crippen molar-refractivity contribution in [3.63, 3.8) is 0 Å². The van der Waals surface area contributed by atoms with Gasteiger partial charge in [0.25, 0.3) is 0 Å². The predicted molar refractivity (Wildman–Crippen MR) is 83.3 cm³/mol. The Bertz CT molecular complexity index is 568. The van der Waals surface area contributed by atoms with Crippen molar-refractivity contribution in [3.05, 3.63) is 70.2 Å². The molecule has 3 heteroatoms. The zero-order valence-corrected chi connectivity index (χ0v) is 12.4. The molecule has 1 aliphatic heterocycles. The summed E-state index contributed by atoms with van der Waals surface area (Å²) < 4.78 is 0. The molecule has 0 bridgehead atoms. The third-order valence-corrected chi connectivity index (χ3v) is 4.07. The molecular weight excluding hydrogens is 277 g/mol. The Morgan fingerprint density at radius 3 is 2.58 bits per heavy atom. The minimum atomic E-state index is -0.139. The average Bonchev–Trinajstić information content (AvgIpc) is 2.41. The van der Waals surface area contributed by atoms with Crippen molar-refractivity contribution in [3.8, 4) is 0 Å². The lowest BCUT2D eigenvalue weighted by Gasteiger charge is -2.38. The van der Waals surface area contributed by atoms with E-state index in [9.17, 15) is 0 Å². The molecule has 3 rings (SSSR count). The van der Waals surface area contributed by atoms with Gasteiger partial charge in [-0.25, -0.2) is 0 Å². The summed E-state index contributed by atoms with van der Waals surface area (Å²) in [5, 5.41) is 4.44. The quantitative estimate of drug-likeness (QED) is 0.832. The van der Waals surface area contributed by atoms with Gasteiger partial charge in [0, 0.05) is 11.6 Å². The molecule has 0 aliphatic carbocycles. The fourth-order valence-corrected chi connectivity index (χ4v) is 2.98. The van der Waals surface area contributed by atoms with Crippen molar-refractivity contribution in [2.75, 3.05) is 6.54 Å². The topological polar surface area (TPSA) is 12.0 Å². The number of halogens is 2. The molecule has 0 saturated heterocycles. The number of rotatable bonds is 1. The highest BCUT2D eigenvalue weighted by Gasteiger charge is 2.33. The molecule has 1 aliphatic rings. The van der Waals surface area contributed by atoms with Crippen molar-refractivity contribution < 1.29 is 0 Å². The van der Waals surface area contributed by atoms with Gasteiger partial charge in [0.15, 0.2) is 0 Å². The Balaban J connectivity index is 0.00000133. The lowest BCUT2D eigenvalue weighted by molar-refractivity contribution is 0.415. The monoisotopic (exact) mass is 293 g/mol. The van der Waals surface area contributed by atoms with Crippen molar-refractivity contribution >= 4 is 24.0 Å². The molecule has 1 nitrogen and oxygen atoms in total. The second-order valence-electron chi connectivity index (χ2n) is 4.97. The molecule has 1 unspecified atom stereocenters. The highest BCUT2D eigenvalue weighted by Crippen LogP contribution is 2.35. The fraction of sp³-hybridized carbons (Fsp3) is 0.250. The lowest BCUT2D eigenvalue weighted by Crippen LogP contribution is -2.45. The average molecular weight is 294 g/mol. The Morgan fingerprint density at radius 2 is 1.84 bits per heavy atom. The molecule has 1 atom stereocenters. The van der Waals surface area contributed by atoms with Crippen LogP contribution < -0.4 is 5.32 Å². The van der Waals surface area contributed by atoms with Gasteiger partial charge in [0.05, 0.1) is 5.54 Å². The highest BCUT2D eigenvalue weighted by atomic mass is 35.5. The zero-order valence-electron chi connectivity index (χ0n) is 10.8. The van der Waals surface area contributed by atoms with Crippen molar-refractivity contribution in [2.24, 2.45) is 0 Å². The maximum atomic E-state index is 6.16. The van der Waals surface area contributed by atoms with Crippen LogP contribution in [0.15, 0.2) is 48.5 Å². The van der Waals surface area contributed by atoms with E-state index in [2.05, 4.69) is 54.7 Å². The summed E-state index contributed by atoms with van der Waals surface area (Å²) in [4.78, 5) is 0. The van der Waals surface area contributed by atoms with E-state index in [0.717, 1.165) is 18.0 Å². The van der Waals surface area contributed by atoms with Crippen LogP contribution in [0.25, 0.3) is 0 Å². The van der Waals surface area contributed by atoms with Gasteiger partial charge in [-0.05, 0) is 42.2 Å². The van der Waals surface area contributed by atoms with Gasteiger partial charge in [0.2, 0.25) is 0 Å². The number of hydrogen-bond donors (Lipinski definition) is 1. The van der Waals surface area contributed by atoms with Gasteiger partial charge in [-0.2, -0.15) is 0 Å². The van der Waals surface area contributed by atoms with Crippen LogP contribution in [0.1, 0.15) is 23.6 Å². The largest absolute Gasteiger partial charge is 0.304 e. The number of fused-ring (bicyclic) bond motifs is 1. The van der Waals surface area contributed by atoms with Crippen LogP contribution in [0.4, 0.5) is 0 Å². The third-order valence-electron chi connectivity index (χ3n) is 3.83. The molecule has 2 aromatic rings.